The quantitative estimate of drug-likeness (QED) is 0.944. The van der Waals surface area contributed by atoms with Gasteiger partial charge >= 0.3 is 0 Å². The van der Waals surface area contributed by atoms with Crippen molar-refractivity contribution in [3.05, 3.63) is 59.7 Å². The van der Waals surface area contributed by atoms with Gasteiger partial charge in [0.25, 0.3) is 5.91 Å². The summed E-state index contributed by atoms with van der Waals surface area (Å²) in [6.45, 7) is 1.91. The molecule has 0 aliphatic rings. The van der Waals surface area contributed by atoms with E-state index in [1.54, 1.807) is 0 Å². The van der Waals surface area contributed by atoms with Crippen molar-refractivity contribution in [1.82, 2.24) is 0 Å². The van der Waals surface area contributed by atoms with Crippen LogP contribution in [0.15, 0.2) is 53.4 Å². The molecule has 2 aromatic carbocycles. The standard InChI is InChI=1S/C15H15NO3S/c1-11-5-3-4-6-14(11)16-15(17)12-7-9-13(10-8-12)20(2,18)19/h3-10H,1-2H3,(H,16,17). The van der Waals surface area contributed by atoms with Gasteiger partial charge in [-0.15, -0.1) is 0 Å². The molecule has 0 radical (unpaired) electrons. The summed E-state index contributed by atoms with van der Waals surface area (Å²) in [4.78, 5) is 12.3. The minimum absolute atomic E-state index is 0.199. The molecule has 0 aliphatic carbocycles. The first-order valence-corrected chi connectivity index (χ1v) is 7.94. The summed E-state index contributed by atoms with van der Waals surface area (Å²) in [5.41, 5.74) is 2.12. The maximum absolute atomic E-state index is 12.1. The predicted molar refractivity (Wildman–Crippen MR) is 78.7 cm³/mol. The van der Waals surface area contributed by atoms with Gasteiger partial charge in [-0.25, -0.2) is 8.42 Å². The van der Waals surface area contributed by atoms with Crippen LogP contribution in [-0.4, -0.2) is 20.6 Å². The minimum atomic E-state index is -3.24. The number of carbonyl (C=O) groups is 1. The number of amides is 1. The van der Waals surface area contributed by atoms with Crippen LogP contribution in [0, 0.1) is 6.92 Å². The van der Waals surface area contributed by atoms with Crippen molar-refractivity contribution in [3.63, 3.8) is 0 Å². The SMILES string of the molecule is Cc1ccccc1NC(=O)c1ccc(S(C)(=O)=O)cc1. The predicted octanol–water partition coefficient (Wildman–Crippen LogP) is 2.65. The number of hydrogen-bond donors (Lipinski definition) is 1. The number of sulfone groups is 1. The molecule has 0 bridgehead atoms. The molecule has 4 nitrogen and oxygen atoms in total. The van der Waals surface area contributed by atoms with E-state index in [9.17, 15) is 13.2 Å². The van der Waals surface area contributed by atoms with E-state index in [1.807, 2.05) is 31.2 Å². The molecule has 0 aromatic heterocycles. The van der Waals surface area contributed by atoms with Gasteiger partial charge in [-0.05, 0) is 42.8 Å². The molecule has 2 aromatic rings. The van der Waals surface area contributed by atoms with Crippen molar-refractivity contribution in [2.45, 2.75) is 11.8 Å². The fraction of sp³-hybridized carbons (Fsp3) is 0.133. The van der Waals surface area contributed by atoms with E-state index < -0.39 is 9.84 Å². The third-order valence-corrected chi connectivity index (χ3v) is 4.07. The van der Waals surface area contributed by atoms with Gasteiger partial charge in [0.2, 0.25) is 0 Å². The van der Waals surface area contributed by atoms with Gasteiger partial charge in [-0.2, -0.15) is 0 Å². The summed E-state index contributed by atoms with van der Waals surface area (Å²) in [5.74, 6) is -0.264. The van der Waals surface area contributed by atoms with Crippen molar-refractivity contribution in [3.8, 4) is 0 Å². The van der Waals surface area contributed by atoms with Gasteiger partial charge in [0.05, 0.1) is 4.90 Å². The molecule has 0 heterocycles. The molecule has 20 heavy (non-hydrogen) atoms. The van der Waals surface area contributed by atoms with E-state index in [4.69, 9.17) is 0 Å². The average molecular weight is 289 g/mol. The smallest absolute Gasteiger partial charge is 0.255 e. The zero-order valence-corrected chi connectivity index (χ0v) is 12.1. The van der Waals surface area contributed by atoms with Crippen LogP contribution in [0.25, 0.3) is 0 Å². The number of rotatable bonds is 3. The van der Waals surface area contributed by atoms with E-state index in [0.717, 1.165) is 17.5 Å². The molecule has 0 fully saturated rings. The van der Waals surface area contributed by atoms with E-state index in [1.165, 1.54) is 24.3 Å². The summed E-state index contributed by atoms with van der Waals surface area (Å²) in [6.07, 6.45) is 1.13. The largest absolute Gasteiger partial charge is 0.322 e. The molecule has 1 amide bonds. The molecular weight excluding hydrogens is 274 g/mol. The highest BCUT2D eigenvalue weighted by Gasteiger charge is 2.10. The van der Waals surface area contributed by atoms with Crippen LogP contribution in [-0.2, 0) is 9.84 Å². The van der Waals surface area contributed by atoms with Crippen molar-refractivity contribution in [2.24, 2.45) is 0 Å². The first kappa shape index (κ1) is 14.3. The molecule has 104 valence electrons. The van der Waals surface area contributed by atoms with E-state index >= 15 is 0 Å². The number of para-hydroxylation sites is 1. The fourth-order valence-electron chi connectivity index (χ4n) is 1.76. The topological polar surface area (TPSA) is 63.2 Å². The van der Waals surface area contributed by atoms with Gasteiger partial charge in [-0.1, -0.05) is 18.2 Å². The van der Waals surface area contributed by atoms with Crippen molar-refractivity contribution >= 4 is 21.4 Å². The summed E-state index contributed by atoms with van der Waals surface area (Å²) in [7, 11) is -3.24. The first-order chi connectivity index (χ1) is 9.38. The summed E-state index contributed by atoms with van der Waals surface area (Å²) >= 11 is 0. The number of nitrogens with one attached hydrogen (secondary N) is 1. The highest BCUT2D eigenvalue weighted by Crippen LogP contribution is 2.16. The zero-order chi connectivity index (χ0) is 14.8. The zero-order valence-electron chi connectivity index (χ0n) is 11.3. The molecule has 1 N–H and O–H groups in total. The second kappa shape index (κ2) is 5.46. The minimum Gasteiger partial charge on any atom is -0.322 e. The van der Waals surface area contributed by atoms with Gasteiger partial charge in [0, 0.05) is 17.5 Å². The van der Waals surface area contributed by atoms with Crippen molar-refractivity contribution < 1.29 is 13.2 Å². The third-order valence-electron chi connectivity index (χ3n) is 2.94. The Bertz CT molecular complexity index is 734. The van der Waals surface area contributed by atoms with Crippen LogP contribution in [0.5, 0.6) is 0 Å². The highest BCUT2D eigenvalue weighted by atomic mass is 32.2. The monoisotopic (exact) mass is 289 g/mol. The Labute approximate surface area is 118 Å². The molecule has 2 rings (SSSR count). The van der Waals surface area contributed by atoms with Crippen molar-refractivity contribution in [2.75, 3.05) is 11.6 Å². The Balaban J connectivity index is 2.20. The second-order valence-corrected chi connectivity index (χ2v) is 6.58. The summed E-state index contributed by atoms with van der Waals surface area (Å²) in [5, 5.41) is 2.80. The lowest BCUT2D eigenvalue weighted by Crippen LogP contribution is -2.12. The lowest BCUT2D eigenvalue weighted by atomic mass is 10.1. The molecule has 0 atom stereocenters. The number of aryl methyl sites for hydroxylation is 1. The van der Waals surface area contributed by atoms with Crippen molar-refractivity contribution in [1.29, 1.82) is 0 Å². The van der Waals surface area contributed by atoms with Gasteiger partial charge in [-0.3, -0.25) is 4.79 Å². The third kappa shape index (κ3) is 3.24. The Hall–Kier alpha value is -2.14. The van der Waals surface area contributed by atoms with Gasteiger partial charge < -0.3 is 5.32 Å². The Morgan fingerprint density at radius 1 is 1.00 bits per heavy atom. The maximum Gasteiger partial charge on any atom is 0.255 e. The number of anilines is 1. The average Bonchev–Trinajstić information content (AvgIpc) is 2.40. The van der Waals surface area contributed by atoms with E-state index in [0.29, 0.717) is 5.56 Å². The highest BCUT2D eigenvalue weighted by molar-refractivity contribution is 7.90. The summed E-state index contributed by atoms with van der Waals surface area (Å²) in [6, 6.07) is 13.3. The Morgan fingerprint density at radius 2 is 1.60 bits per heavy atom. The molecule has 0 unspecified atom stereocenters. The first-order valence-electron chi connectivity index (χ1n) is 6.05. The Kier molecular flexibility index (Phi) is 3.90. The van der Waals surface area contributed by atoms with Gasteiger partial charge in [0.15, 0.2) is 9.84 Å². The second-order valence-electron chi connectivity index (χ2n) is 4.57. The van der Waals surface area contributed by atoms with Crippen LogP contribution in [0.3, 0.4) is 0 Å². The molecule has 0 spiro atoms. The fourth-order valence-corrected chi connectivity index (χ4v) is 2.39. The lowest BCUT2D eigenvalue weighted by molar-refractivity contribution is 0.102. The summed E-state index contributed by atoms with van der Waals surface area (Å²) < 4.78 is 22.7. The molecule has 0 aliphatic heterocycles. The van der Waals surface area contributed by atoms with Crippen LogP contribution in [0.1, 0.15) is 15.9 Å². The maximum atomic E-state index is 12.1. The number of carbonyl (C=O) groups excluding carboxylic acids is 1. The molecule has 5 heteroatoms. The normalized spacial score (nSPS) is 11.1. The lowest BCUT2D eigenvalue weighted by Gasteiger charge is -2.08. The molecule has 0 saturated carbocycles. The van der Waals surface area contributed by atoms with Crippen LogP contribution in [0.2, 0.25) is 0 Å². The van der Waals surface area contributed by atoms with Crippen LogP contribution >= 0.6 is 0 Å². The number of benzene rings is 2. The van der Waals surface area contributed by atoms with Crippen LogP contribution < -0.4 is 5.32 Å². The Morgan fingerprint density at radius 3 is 2.15 bits per heavy atom. The van der Waals surface area contributed by atoms with Crippen LogP contribution in [0.4, 0.5) is 5.69 Å². The van der Waals surface area contributed by atoms with E-state index in [2.05, 4.69) is 5.32 Å². The molecule has 0 saturated heterocycles. The number of hydrogen-bond acceptors (Lipinski definition) is 3. The molecular formula is C15H15NO3S. The van der Waals surface area contributed by atoms with E-state index in [-0.39, 0.29) is 10.8 Å². The van der Waals surface area contributed by atoms with Gasteiger partial charge in [0.1, 0.15) is 0 Å².